The van der Waals surface area contributed by atoms with Gasteiger partial charge in [0.1, 0.15) is 21.6 Å². The fourth-order valence-electron chi connectivity index (χ4n) is 2.14. The van der Waals surface area contributed by atoms with Gasteiger partial charge in [-0.3, -0.25) is 0 Å². The number of carbonyl (C=O) groups is 2. The number of halogens is 1. The maximum absolute atomic E-state index is 12.7. The number of ether oxygens (including phenoxy) is 2. The third kappa shape index (κ3) is 6.42. The third-order valence-corrected chi connectivity index (χ3v) is 3.77. The van der Waals surface area contributed by atoms with E-state index in [4.69, 9.17) is 9.47 Å². The molecule has 2 rings (SSSR count). The molecule has 9 heteroatoms. The van der Waals surface area contributed by atoms with Crippen LogP contribution in [0.5, 0.6) is 5.75 Å². The van der Waals surface area contributed by atoms with Crippen molar-refractivity contribution < 1.29 is 24.2 Å². The van der Waals surface area contributed by atoms with Crippen LogP contribution in [-0.2, 0) is 9.47 Å². The lowest BCUT2D eigenvalue weighted by atomic mass is 10.1. The first-order chi connectivity index (χ1) is 13.3. The van der Waals surface area contributed by atoms with Gasteiger partial charge in [0, 0.05) is 5.56 Å². The number of imide groups is 1. The van der Waals surface area contributed by atoms with Gasteiger partial charge in [0.25, 0.3) is 0 Å². The van der Waals surface area contributed by atoms with E-state index in [2.05, 4.69) is 25.9 Å². The standard InChI is InChI=1S/C20H24BrN3O5/c1-19(2,3)28-17(26)24(18(27)29-20(4,5)6)16-15(21)23-14(11-22-16)12-7-9-13(25)10-8-12/h7-11,25H,1-6H3. The zero-order valence-corrected chi connectivity index (χ0v) is 18.8. The Morgan fingerprint density at radius 1 is 0.966 bits per heavy atom. The first kappa shape index (κ1) is 22.6. The molecule has 0 aliphatic rings. The average molecular weight is 466 g/mol. The lowest BCUT2D eigenvalue weighted by molar-refractivity contribution is 0.0428. The van der Waals surface area contributed by atoms with E-state index in [1.54, 1.807) is 53.7 Å². The van der Waals surface area contributed by atoms with Crippen molar-refractivity contribution in [2.24, 2.45) is 0 Å². The van der Waals surface area contributed by atoms with Gasteiger partial charge in [-0.2, -0.15) is 4.90 Å². The molecule has 0 aliphatic heterocycles. The van der Waals surface area contributed by atoms with Crippen LogP contribution < -0.4 is 4.90 Å². The molecular weight excluding hydrogens is 442 g/mol. The fourth-order valence-corrected chi connectivity index (χ4v) is 2.61. The van der Waals surface area contributed by atoms with Crippen LogP contribution in [-0.4, -0.2) is 38.5 Å². The second-order valence-electron chi connectivity index (χ2n) is 8.21. The van der Waals surface area contributed by atoms with Crippen molar-refractivity contribution >= 4 is 33.9 Å². The minimum absolute atomic E-state index is 0.0592. The van der Waals surface area contributed by atoms with Crippen LogP contribution in [0.1, 0.15) is 41.5 Å². The van der Waals surface area contributed by atoms with E-state index in [0.29, 0.717) is 16.2 Å². The molecule has 0 atom stereocenters. The number of hydrogen-bond donors (Lipinski definition) is 1. The predicted octanol–water partition coefficient (Wildman–Crippen LogP) is 5.29. The molecule has 1 N–H and O–H groups in total. The Hall–Kier alpha value is -2.68. The molecule has 0 saturated heterocycles. The van der Waals surface area contributed by atoms with Crippen molar-refractivity contribution in [2.45, 2.75) is 52.7 Å². The van der Waals surface area contributed by atoms with Crippen LogP contribution in [0.4, 0.5) is 15.4 Å². The number of aromatic hydroxyl groups is 1. The number of benzene rings is 1. The van der Waals surface area contributed by atoms with E-state index in [-0.39, 0.29) is 16.2 Å². The highest BCUT2D eigenvalue weighted by Gasteiger charge is 2.35. The van der Waals surface area contributed by atoms with E-state index in [1.807, 2.05) is 0 Å². The Morgan fingerprint density at radius 3 is 1.86 bits per heavy atom. The smallest absolute Gasteiger partial charge is 0.425 e. The number of nitrogens with zero attached hydrogens (tertiary/aromatic N) is 3. The van der Waals surface area contributed by atoms with Crippen molar-refractivity contribution in [3.05, 3.63) is 35.1 Å². The molecule has 0 radical (unpaired) electrons. The number of carbonyl (C=O) groups excluding carboxylic acids is 2. The molecule has 0 spiro atoms. The van der Waals surface area contributed by atoms with Gasteiger partial charge in [0.2, 0.25) is 0 Å². The molecule has 0 unspecified atom stereocenters. The molecule has 1 heterocycles. The minimum Gasteiger partial charge on any atom is -0.508 e. The molecule has 1 aromatic carbocycles. The maximum Gasteiger partial charge on any atom is 0.425 e. The Balaban J connectivity index is 2.45. The van der Waals surface area contributed by atoms with Gasteiger partial charge in [0.05, 0.1) is 11.9 Å². The third-order valence-electron chi connectivity index (χ3n) is 3.24. The number of amides is 2. The summed E-state index contributed by atoms with van der Waals surface area (Å²) in [5.74, 6) is 0.0643. The van der Waals surface area contributed by atoms with Crippen molar-refractivity contribution in [1.82, 2.24) is 9.97 Å². The Bertz CT molecular complexity index is 874. The summed E-state index contributed by atoms with van der Waals surface area (Å²) >= 11 is 3.28. The SMILES string of the molecule is CC(C)(C)OC(=O)N(C(=O)OC(C)(C)C)c1ncc(-c2ccc(O)cc2)nc1Br. The second kappa shape index (κ2) is 8.36. The molecule has 0 aliphatic carbocycles. The van der Waals surface area contributed by atoms with Crippen molar-refractivity contribution in [3.8, 4) is 17.0 Å². The Labute approximate surface area is 178 Å². The van der Waals surface area contributed by atoms with Gasteiger partial charge in [-0.15, -0.1) is 0 Å². The van der Waals surface area contributed by atoms with Crippen molar-refractivity contribution in [1.29, 1.82) is 0 Å². The van der Waals surface area contributed by atoms with E-state index < -0.39 is 23.4 Å². The van der Waals surface area contributed by atoms with Crippen molar-refractivity contribution in [2.75, 3.05) is 4.90 Å². The molecule has 8 nitrogen and oxygen atoms in total. The Kier molecular flexibility index (Phi) is 6.52. The second-order valence-corrected chi connectivity index (χ2v) is 8.96. The summed E-state index contributed by atoms with van der Waals surface area (Å²) in [6.45, 7) is 10.1. The summed E-state index contributed by atoms with van der Waals surface area (Å²) in [5, 5.41) is 9.43. The summed E-state index contributed by atoms with van der Waals surface area (Å²) in [6, 6.07) is 6.38. The van der Waals surface area contributed by atoms with Gasteiger partial charge in [-0.1, -0.05) is 0 Å². The first-order valence-electron chi connectivity index (χ1n) is 8.85. The minimum atomic E-state index is -0.931. The average Bonchev–Trinajstić information content (AvgIpc) is 2.54. The van der Waals surface area contributed by atoms with E-state index in [0.717, 1.165) is 0 Å². The molecule has 2 amide bonds. The predicted molar refractivity (Wildman–Crippen MR) is 112 cm³/mol. The first-order valence-corrected chi connectivity index (χ1v) is 9.64. The molecule has 0 fully saturated rings. The van der Waals surface area contributed by atoms with Crippen molar-refractivity contribution in [3.63, 3.8) is 0 Å². The molecule has 2 aromatic rings. The van der Waals surface area contributed by atoms with Gasteiger partial charge >= 0.3 is 12.2 Å². The largest absolute Gasteiger partial charge is 0.508 e. The topological polar surface area (TPSA) is 102 Å². The quantitative estimate of drug-likeness (QED) is 0.642. The van der Waals surface area contributed by atoms with Gasteiger partial charge in [-0.25, -0.2) is 19.6 Å². The van der Waals surface area contributed by atoms with Gasteiger partial charge in [-0.05, 0) is 81.7 Å². The molecule has 0 bridgehead atoms. The number of hydrogen-bond acceptors (Lipinski definition) is 7. The monoisotopic (exact) mass is 465 g/mol. The summed E-state index contributed by atoms with van der Waals surface area (Å²) < 4.78 is 10.8. The number of aromatic nitrogens is 2. The van der Waals surface area contributed by atoms with Crippen LogP contribution in [0, 0.1) is 0 Å². The van der Waals surface area contributed by atoms with E-state index >= 15 is 0 Å². The number of anilines is 1. The molecular formula is C20H24BrN3O5. The van der Waals surface area contributed by atoms with Gasteiger partial charge in [0.15, 0.2) is 5.82 Å². The fraction of sp³-hybridized carbons (Fsp3) is 0.400. The van der Waals surface area contributed by atoms with E-state index in [9.17, 15) is 14.7 Å². The number of phenolic OH excluding ortho intramolecular Hbond substituents is 1. The maximum atomic E-state index is 12.7. The molecule has 0 saturated carbocycles. The lowest BCUT2D eigenvalue weighted by Gasteiger charge is -2.28. The van der Waals surface area contributed by atoms with Crippen LogP contribution in [0.25, 0.3) is 11.3 Å². The summed E-state index contributed by atoms with van der Waals surface area (Å²) in [7, 11) is 0. The summed E-state index contributed by atoms with van der Waals surface area (Å²) in [6.07, 6.45) is -0.452. The highest BCUT2D eigenvalue weighted by Crippen LogP contribution is 2.29. The van der Waals surface area contributed by atoms with Crippen LogP contribution in [0.3, 0.4) is 0 Å². The van der Waals surface area contributed by atoms with Gasteiger partial charge < -0.3 is 14.6 Å². The highest BCUT2D eigenvalue weighted by atomic mass is 79.9. The number of rotatable bonds is 2. The summed E-state index contributed by atoms with van der Waals surface area (Å²) in [5.41, 5.74) is -0.482. The lowest BCUT2D eigenvalue weighted by Crippen LogP contribution is -2.44. The molecule has 1 aromatic heterocycles. The van der Waals surface area contributed by atoms with Crippen LogP contribution in [0.2, 0.25) is 0 Å². The summed E-state index contributed by atoms with van der Waals surface area (Å²) in [4.78, 5) is 34.7. The zero-order chi connectivity index (χ0) is 22.0. The Morgan fingerprint density at radius 2 is 1.45 bits per heavy atom. The van der Waals surface area contributed by atoms with Crippen LogP contribution in [0.15, 0.2) is 35.1 Å². The van der Waals surface area contributed by atoms with E-state index in [1.165, 1.54) is 18.3 Å². The normalized spacial score (nSPS) is 11.7. The van der Waals surface area contributed by atoms with Crippen LogP contribution >= 0.6 is 15.9 Å². The molecule has 29 heavy (non-hydrogen) atoms. The molecule has 156 valence electrons. The zero-order valence-electron chi connectivity index (χ0n) is 17.2. The number of phenols is 1. The highest BCUT2D eigenvalue weighted by molar-refractivity contribution is 9.10.